The van der Waals surface area contributed by atoms with Crippen LogP contribution in [0.2, 0.25) is 0 Å². The van der Waals surface area contributed by atoms with Crippen LogP contribution in [0.4, 0.5) is 4.39 Å². The second-order valence-corrected chi connectivity index (χ2v) is 5.02. The molecule has 1 saturated heterocycles. The fraction of sp³-hybridized carbons (Fsp3) is 0.500. The Balaban J connectivity index is 2.05. The predicted molar refractivity (Wildman–Crippen MR) is 68.2 cm³/mol. The van der Waals surface area contributed by atoms with Gasteiger partial charge in [-0.15, -0.1) is 0 Å². The molecule has 5 heteroatoms. The molecule has 1 fully saturated rings. The van der Waals surface area contributed by atoms with Gasteiger partial charge in [0.25, 0.3) is 0 Å². The molecule has 17 heavy (non-hydrogen) atoms. The van der Waals surface area contributed by atoms with Crippen molar-refractivity contribution in [3.63, 3.8) is 0 Å². The fourth-order valence-corrected chi connectivity index (χ4v) is 2.44. The monoisotopic (exact) mass is 302 g/mol. The highest BCUT2D eigenvalue weighted by Crippen LogP contribution is 2.22. The number of benzene rings is 1. The van der Waals surface area contributed by atoms with Crippen LogP contribution in [0.5, 0.6) is 0 Å². The number of halogens is 2. The molecule has 0 saturated carbocycles. The van der Waals surface area contributed by atoms with E-state index in [1.165, 1.54) is 6.07 Å². The first-order valence-corrected chi connectivity index (χ1v) is 6.47. The van der Waals surface area contributed by atoms with Gasteiger partial charge in [0, 0.05) is 36.2 Å². The van der Waals surface area contributed by atoms with Crippen LogP contribution in [0.15, 0.2) is 22.7 Å². The van der Waals surface area contributed by atoms with Crippen molar-refractivity contribution in [2.45, 2.75) is 12.6 Å². The van der Waals surface area contributed by atoms with Crippen LogP contribution in [0.25, 0.3) is 0 Å². The molecule has 2 rings (SSSR count). The Labute approximate surface area is 109 Å². The molecule has 1 aromatic carbocycles. The molecule has 1 atom stereocenters. The summed E-state index contributed by atoms with van der Waals surface area (Å²) < 4.78 is 20.0. The molecule has 1 aromatic rings. The topological polar surface area (TPSA) is 38.5 Å². The first kappa shape index (κ1) is 13.0. The average molecular weight is 303 g/mol. The summed E-state index contributed by atoms with van der Waals surface area (Å²) in [6.07, 6.45) is 0.0642. The SMILES string of the molecule is NCC1CN(Cc2c(F)cccc2Br)CCO1. The smallest absolute Gasteiger partial charge is 0.128 e. The van der Waals surface area contributed by atoms with Gasteiger partial charge in [-0.2, -0.15) is 0 Å². The summed E-state index contributed by atoms with van der Waals surface area (Å²) in [7, 11) is 0. The van der Waals surface area contributed by atoms with E-state index in [0.717, 1.165) is 17.6 Å². The van der Waals surface area contributed by atoms with Crippen molar-refractivity contribution < 1.29 is 9.13 Å². The van der Waals surface area contributed by atoms with Crippen LogP contribution in [0.3, 0.4) is 0 Å². The summed E-state index contributed by atoms with van der Waals surface area (Å²) in [4.78, 5) is 2.17. The number of rotatable bonds is 3. The highest BCUT2D eigenvalue weighted by atomic mass is 79.9. The number of morpholine rings is 1. The van der Waals surface area contributed by atoms with Gasteiger partial charge in [0.05, 0.1) is 12.7 Å². The lowest BCUT2D eigenvalue weighted by Crippen LogP contribution is -2.45. The quantitative estimate of drug-likeness (QED) is 0.924. The van der Waals surface area contributed by atoms with Crippen molar-refractivity contribution >= 4 is 15.9 Å². The van der Waals surface area contributed by atoms with E-state index in [1.807, 2.05) is 6.07 Å². The van der Waals surface area contributed by atoms with Crippen molar-refractivity contribution in [2.75, 3.05) is 26.2 Å². The number of nitrogens with zero attached hydrogens (tertiary/aromatic N) is 1. The number of hydrogen-bond acceptors (Lipinski definition) is 3. The highest BCUT2D eigenvalue weighted by molar-refractivity contribution is 9.10. The molecule has 0 bridgehead atoms. The van der Waals surface area contributed by atoms with Crippen molar-refractivity contribution in [1.29, 1.82) is 0 Å². The average Bonchev–Trinajstić information content (AvgIpc) is 2.34. The normalized spacial score (nSPS) is 21.7. The lowest BCUT2D eigenvalue weighted by Gasteiger charge is -2.32. The van der Waals surface area contributed by atoms with Gasteiger partial charge >= 0.3 is 0 Å². The molecule has 1 unspecified atom stereocenters. The lowest BCUT2D eigenvalue weighted by molar-refractivity contribution is -0.0264. The Morgan fingerprint density at radius 2 is 2.35 bits per heavy atom. The standard InChI is InChI=1S/C12H16BrFN2O/c13-11-2-1-3-12(14)10(11)8-16-4-5-17-9(6-15)7-16/h1-3,9H,4-8,15H2. The van der Waals surface area contributed by atoms with Gasteiger partial charge in [-0.3, -0.25) is 4.90 Å². The van der Waals surface area contributed by atoms with Crippen LogP contribution in [-0.2, 0) is 11.3 Å². The Hall–Kier alpha value is -0.490. The van der Waals surface area contributed by atoms with Gasteiger partial charge in [-0.25, -0.2) is 4.39 Å². The maximum absolute atomic E-state index is 13.7. The number of hydrogen-bond donors (Lipinski definition) is 1. The Bertz CT molecular complexity index is 369. The minimum atomic E-state index is -0.171. The van der Waals surface area contributed by atoms with Crippen molar-refractivity contribution in [3.8, 4) is 0 Å². The van der Waals surface area contributed by atoms with E-state index in [0.29, 0.717) is 25.3 Å². The van der Waals surface area contributed by atoms with Crippen LogP contribution in [0, 0.1) is 5.82 Å². The van der Waals surface area contributed by atoms with E-state index in [2.05, 4.69) is 20.8 Å². The minimum Gasteiger partial charge on any atom is -0.374 e. The largest absolute Gasteiger partial charge is 0.374 e. The lowest BCUT2D eigenvalue weighted by atomic mass is 10.1. The Morgan fingerprint density at radius 1 is 1.53 bits per heavy atom. The number of ether oxygens (including phenoxy) is 1. The molecule has 94 valence electrons. The van der Waals surface area contributed by atoms with Crippen molar-refractivity contribution in [3.05, 3.63) is 34.1 Å². The fourth-order valence-electron chi connectivity index (χ4n) is 1.97. The zero-order chi connectivity index (χ0) is 12.3. The molecule has 2 N–H and O–H groups in total. The minimum absolute atomic E-state index is 0.0642. The summed E-state index contributed by atoms with van der Waals surface area (Å²) in [6, 6.07) is 5.05. The van der Waals surface area contributed by atoms with Crippen LogP contribution in [0.1, 0.15) is 5.56 Å². The van der Waals surface area contributed by atoms with E-state index in [4.69, 9.17) is 10.5 Å². The van der Waals surface area contributed by atoms with Crippen molar-refractivity contribution in [2.24, 2.45) is 5.73 Å². The molecule has 1 heterocycles. The van der Waals surface area contributed by atoms with E-state index in [9.17, 15) is 4.39 Å². The summed E-state index contributed by atoms with van der Waals surface area (Å²) >= 11 is 3.38. The molecule has 0 aromatic heterocycles. The zero-order valence-corrected chi connectivity index (χ0v) is 11.1. The Kier molecular flexibility index (Phi) is 4.50. The van der Waals surface area contributed by atoms with Crippen LogP contribution in [-0.4, -0.2) is 37.2 Å². The molecule has 3 nitrogen and oxygen atoms in total. The summed E-state index contributed by atoms with van der Waals surface area (Å²) in [5.41, 5.74) is 6.28. The third kappa shape index (κ3) is 3.25. The van der Waals surface area contributed by atoms with Gasteiger partial charge in [0.2, 0.25) is 0 Å². The highest BCUT2D eigenvalue weighted by Gasteiger charge is 2.20. The Morgan fingerprint density at radius 3 is 3.06 bits per heavy atom. The third-order valence-electron chi connectivity index (χ3n) is 2.93. The van der Waals surface area contributed by atoms with E-state index < -0.39 is 0 Å². The maximum Gasteiger partial charge on any atom is 0.128 e. The van der Waals surface area contributed by atoms with Gasteiger partial charge in [0.15, 0.2) is 0 Å². The van der Waals surface area contributed by atoms with Gasteiger partial charge in [-0.1, -0.05) is 22.0 Å². The maximum atomic E-state index is 13.7. The molecular formula is C12H16BrFN2O. The van der Waals surface area contributed by atoms with Crippen molar-refractivity contribution in [1.82, 2.24) is 4.90 Å². The summed E-state index contributed by atoms with van der Waals surface area (Å²) in [5, 5.41) is 0. The summed E-state index contributed by atoms with van der Waals surface area (Å²) in [6.45, 7) is 3.34. The molecule has 0 radical (unpaired) electrons. The molecule has 0 spiro atoms. The summed E-state index contributed by atoms with van der Waals surface area (Å²) in [5.74, 6) is -0.171. The molecule has 1 aliphatic heterocycles. The van der Waals surface area contributed by atoms with E-state index >= 15 is 0 Å². The van der Waals surface area contributed by atoms with Gasteiger partial charge in [0.1, 0.15) is 5.82 Å². The molecule has 0 aliphatic carbocycles. The van der Waals surface area contributed by atoms with Gasteiger partial charge < -0.3 is 10.5 Å². The van der Waals surface area contributed by atoms with E-state index in [-0.39, 0.29) is 11.9 Å². The van der Waals surface area contributed by atoms with Crippen LogP contribution < -0.4 is 5.73 Å². The third-order valence-corrected chi connectivity index (χ3v) is 3.67. The predicted octanol–water partition coefficient (Wildman–Crippen LogP) is 1.75. The second-order valence-electron chi connectivity index (χ2n) is 4.16. The molecule has 0 amide bonds. The van der Waals surface area contributed by atoms with E-state index in [1.54, 1.807) is 6.07 Å². The van der Waals surface area contributed by atoms with Crippen LogP contribution >= 0.6 is 15.9 Å². The van der Waals surface area contributed by atoms with Gasteiger partial charge in [-0.05, 0) is 12.1 Å². The first-order chi connectivity index (χ1) is 8.20. The molecular weight excluding hydrogens is 287 g/mol. The first-order valence-electron chi connectivity index (χ1n) is 5.67. The zero-order valence-electron chi connectivity index (χ0n) is 9.53. The number of nitrogens with two attached hydrogens (primary N) is 1. The molecule has 1 aliphatic rings. The second kappa shape index (κ2) is 5.91.